The Morgan fingerprint density at radius 1 is 0.488 bits per heavy atom. The van der Waals surface area contributed by atoms with Gasteiger partial charge in [-0.3, -0.25) is 9.59 Å². The Morgan fingerprint density at radius 3 is 1.34 bits per heavy atom. The maximum Gasteiger partial charge on any atom is 0.306 e. The van der Waals surface area contributed by atoms with Crippen LogP contribution in [-0.2, 0) is 23.8 Å². The van der Waals surface area contributed by atoms with Gasteiger partial charge in [-0.25, -0.2) is 0 Å². The fraction of sp³-hybridized carbons (Fsp3) is 0.662. The zero-order valence-electron chi connectivity index (χ0n) is 51.6. The van der Waals surface area contributed by atoms with Crippen molar-refractivity contribution in [1.82, 2.24) is 5.32 Å². The first kappa shape index (κ1) is 75.8. The number of carbonyl (C=O) groups excluding carboxylic acids is 2. The fourth-order valence-electron chi connectivity index (χ4n) is 9.18. The van der Waals surface area contributed by atoms with Crippen LogP contribution in [0.4, 0.5) is 0 Å². The minimum absolute atomic E-state index is 0.0386. The van der Waals surface area contributed by atoms with Gasteiger partial charge < -0.3 is 45.1 Å². The quantitative estimate of drug-likeness (QED) is 0.0195. The van der Waals surface area contributed by atoms with Crippen molar-refractivity contribution in [2.45, 2.75) is 288 Å². The molecule has 1 aliphatic rings. The van der Waals surface area contributed by atoms with Gasteiger partial charge in [-0.1, -0.05) is 251 Å². The summed E-state index contributed by atoms with van der Waals surface area (Å²) in [5.41, 5.74) is 0. The van der Waals surface area contributed by atoms with Crippen molar-refractivity contribution in [1.29, 1.82) is 0 Å². The van der Waals surface area contributed by atoms with Crippen LogP contribution in [0.5, 0.6) is 0 Å². The van der Waals surface area contributed by atoms with Crippen LogP contribution in [0.15, 0.2) is 134 Å². The van der Waals surface area contributed by atoms with Crippen LogP contribution < -0.4 is 5.32 Å². The van der Waals surface area contributed by atoms with Crippen LogP contribution in [0.25, 0.3) is 0 Å². The van der Waals surface area contributed by atoms with Gasteiger partial charge in [-0.2, -0.15) is 0 Å². The number of allylic oxidation sites excluding steroid dienone is 21. The Kier molecular flexibility index (Phi) is 52.9. The summed E-state index contributed by atoms with van der Waals surface area (Å²) in [6.07, 6.45) is 70.6. The van der Waals surface area contributed by atoms with E-state index in [9.17, 15) is 35.1 Å². The molecule has 466 valence electrons. The molecule has 0 aromatic rings. The number of carbonyl (C=O) groups is 2. The molecule has 0 aromatic heterocycles. The molecule has 0 bridgehead atoms. The highest BCUT2D eigenvalue weighted by Crippen LogP contribution is 2.26. The lowest BCUT2D eigenvalue weighted by Crippen LogP contribution is -2.61. The standard InChI is InChI=1S/C71H117NO10/c1-4-7-10-13-16-19-22-25-27-29-30-31-32-33-34-35-37-38-40-43-46-49-52-55-58-64(75)70(79)72-62(63(74)57-54-51-48-45-42-24-21-18-15-12-9-6-3)61-80-71-69(68(78)67(77)65(60-73)81-71)82-66(76)59-56-53-50-47-44-41-39-36-28-26-23-20-17-14-11-8-5-2/h7,10,16-17,19-20,25-28,30-31,33-34,37-39,41,47,50,54,57,62-65,67-69,71,73-75,77-78H,4-6,8-9,11-15,18,21-24,29,32,35-36,40,42-46,48-49,51-53,55-56,58-61H2,1-3H3,(H,72,79)/b10-7-,19-16-,20-17-,27-25-,28-26-,31-30-,34-33-,38-37-,41-39-,50-47-,57-54+. The molecule has 0 radical (unpaired) electrons. The number of rotatable bonds is 53. The lowest BCUT2D eigenvalue weighted by atomic mass is 9.99. The highest BCUT2D eigenvalue weighted by Gasteiger charge is 2.47. The number of aliphatic hydroxyl groups is 5. The molecule has 1 amide bonds. The number of amides is 1. The van der Waals surface area contributed by atoms with E-state index in [4.69, 9.17) is 14.2 Å². The largest absolute Gasteiger partial charge is 0.454 e. The first-order chi connectivity index (χ1) is 40.2. The second-order valence-electron chi connectivity index (χ2n) is 21.8. The topological polar surface area (TPSA) is 175 Å². The van der Waals surface area contributed by atoms with Crippen LogP contribution in [0, 0.1) is 0 Å². The summed E-state index contributed by atoms with van der Waals surface area (Å²) in [6, 6.07) is -1.05. The van der Waals surface area contributed by atoms with E-state index < -0.39 is 67.4 Å². The van der Waals surface area contributed by atoms with Crippen LogP contribution in [0.2, 0.25) is 0 Å². The predicted molar refractivity (Wildman–Crippen MR) is 342 cm³/mol. The Labute approximate surface area is 499 Å². The van der Waals surface area contributed by atoms with Crippen LogP contribution in [0.1, 0.15) is 239 Å². The molecule has 82 heavy (non-hydrogen) atoms. The number of nitrogens with one attached hydrogen (secondary N) is 1. The number of hydrogen-bond acceptors (Lipinski definition) is 10. The maximum atomic E-state index is 13.5. The third kappa shape index (κ3) is 44.3. The molecule has 0 spiro atoms. The molecule has 1 heterocycles. The van der Waals surface area contributed by atoms with Gasteiger partial charge in [-0.05, 0) is 116 Å². The molecule has 6 N–H and O–H groups in total. The van der Waals surface area contributed by atoms with Gasteiger partial charge in [0.2, 0.25) is 5.91 Å². The van der Waals surface area contributed by atoms with Crippen molar-refractivity contribution >= 4 is 11.9 Å². The van der Waals surface area contributed by atoms with Crippen molar-refractivity contribution < 1.29 is 49.3 Å². The Morgan fingerprint density at radius 2 is 0.878 bits per heavy atom. The summed E-state index contributed by atoms with van der Waals surface area (Å²) in [4.78, 5) is 26.6. The smallest absolute Gasteiger partial charge is 0.306 e. The Balaban J connectivity index is 2.70. The Bertz CT molecular complexity index is 1840. The van der Waals surface area contributed by atoms with E-state index in [-0.39, 0.29) is 19.4 Å². The monoisotopic (exact) mass is 1140 g/mol. The van der Waals surface area contributed by atoms with Gasteiger partial charge in [0, 0.05) is 6.42 Å². The fourth-order valence-corrected chi connectivity index (χ4v) is 9.18. The minimum atomic E-state index is -1.65. The van der Waals surface area contributed by atoms with E-state index in [0.717, 1.165) is 122 Å². The third-order valence-electron chi connectivity index (χ3n) is 14.3. The molecule has 11 nitrogen and oxygen atoms in total. The normalized spacial score (nSPS) is 19.5. The van der Waals surface area contributed by atoms with Gasteiger partial charge >= 0.3 is 5.97 Å². The van der Waals surface area contributed by atoms with Crippen LogP contribution in [-0.4, -0.2) is 99.6 Å². The van der Waals surface area contributed by atoms with Gasteiger partial charge in [0.15, 0.2) is 12.4 Å². The van der Waals surface area contributed by atoms with Crippen molar-refractivity contribution in [3.05, 3.63) is 134 Å². The molecule has 1 saturated heterocycles. The summed E-state index contributed by atoms with van der Waals surface area (Å²) in [5.74, 6) is -1.28. The summed E-state index contributed by atoms with van der Waals surface area (Å²) in [5, 5.41) is 57.0. The predicted octanol–water partition coefficient (Wildman–Crippen LogP) is 16.0. The number of hydrogen-bond donors (Lipinski definition) is 6. The van der Waals surface area contributed by atoms with Crippen molar-refractivity contribution in [3.63, 3.8) is 0 Å². The lowest BCUT2D eigenvalue weighted by Gasteiger charge is -2.41. The summed E-state index contributed by atoms with van der Waals surface area (Å²) in [6.45, 7) is 5.60. The molecule has 11 heteroatoms. The summed E-state index contributed by atoms with van der Waals surface area (Å²) in [7, 11) is 0. The van der Waals surface area contributed by atoms with E-state index in [1.54, 1.807) is 6.08 Å². The average molecular weight is 1140 g/mol. The van der Waals surface area contributed by atoms with Gasteiger partial charge in [0.1, 0.15) is 24.4 Å². The van der Waals surface area contributed by atoms with E-state index >= 15 is 0 Å². The highest BCUT2D eigenvalue weighted by molar-refractivity contribution is 5.80. The highest BCUT2D eigenvalue weighted by atomic mass is 16.7. The van der Waals surface area contributed by atoms with Crippen LogP contribution in [0.3, 0.4) is 0 Å². The maximum absolute atomic E-state index is 13.5. The van der Waals surface area contributed by atoms with Crippen molar-refractivity contribution in [2.24, 2.45) is 0 Å². The van der Waals surface area contributed by atoms with Gasteiger partial charge in [0.25, 0.3) is 0 Å². The van der Waals surface area contributed by atoms with E-state index in [1.165, 1.54) is 64.2 Å². The number of unbranched alkanes of at least 4 members (excludes halogenated alkanes) is 19. The second kappa shape index (κ2) is 57.2. The molecule has 1 aliphatic heterocycles. The third-order valence-corrected chi connectivity index (χ3v) is 14.3. The van der Waals surface area contributed by atoms with Crippen molar-refractivity contribution in [3.8, 4) is 0 Å². The molecule has 0 saturated carbocycles. The molecule has 0 aromatic carbocycles. The van der Waals surface area contributed by atoms with E-state index in [1.807, 2.05) is 18.2 Å². The second-order valence-corrected chi connectivity index (χ2v) is 21.8. The Hall–Kier alpha value is -4.20. The summed E-state index contributed by atoms with van der Waals surface area (Å²) >= 11 is 0. The molecular formula is C71H117NO10. The zero-order valence-corrected chi connectivity index (χ0v) is 51.6. The molecule has 0 aliphatic carbocycles. The van der Waals surface area contributed by atoms with Gasteiger partial charge in [-0.15, -0.1) is 0 Å². The number of ether oxygens (including phenoxy) is 3. The van der Waals surface area contributed by atoms with E-state index in [2.05, 4.69) is 135 Å². The first-order valence-corrected chi connectivity index (χ1v) is 32.5. The van der Waals surface area contributed by atoms with E-state index in [0.29, 0.717) is 19.3 Å². The number of aliphatic hydroxyl groups excluding tert-OH is 5. The molecule has 1 rings (SSSR count). The minimum Gasteiger partial charge on any atom is -0.454 e. The average Bonchev–Trinajstić information content (AvgIpc) is 3.68. The number of esters is 1. The molecule has 8 atom stereocenters. The summed E-state index contributed by atoms with van der Waals surface area (Å²) < 4.78 is 17.6. The lowest BCUT2D eigenvalue weighted by molar-refractivity contribution is -0.305. The molecular weight excluding hydrogens is 1030 g/mol. The molecule has 1 fully saturated rings. The molecule has 8 unspecified atom stereocenters. The first-order valence-electron chi connectivity index (χ1n) is 32.5. The zero-order chi connectivity index (χ0) is 59.6. The van der Waals surface area contributed by atoms with Crippen molar-refractivity contribution in [2.75, 3.05) is 13.2 Å². The van der Waals surface area contributed by atoms with Gasteiger partial charge in [0.05, 0.1) is 25.4 Å². The van der Waals surface area contributed by atoms with Crippen LogP contribution >= 0.6 is 0 Å². The SMILES string of the molecule is CC/C=C\C/C=C\C/C=C\C/C=C\C/C=C\C/C=C\CCCCCCCC(O)C(=O)NC(COC1OC(CO)C(O)C(O)C1OC(=O)CCC/C=C\C/C=C\C/C=C\C/C=C\CCCCC)C(O)/C=C/CCCCCCCCCCCC.